The van der Waals surface area contributed by atoms with Crippen LogP contribution in [0.15, 0.2) is 36.7 Å². The summed E-state index contributed by atoms with van der Waals surface area (Å²) in [7, 11) is 4.93. The normalized spacial score (nSPS) is 15.7. The number of hydrogen-bond acceptors (Lipinski definition) is 6. The van der Waals surface area contributed by atoms with Gasteiger partial charge in [-0.1, -0.05) is 6.07 Å². The summed E-state index contributed by atoms with van der Waals surface area (Å²) in [6, 6.07) is 8.19. The fourth-order valence-electron chi connectivity index (χ4n) is 3.34. The molecule has 1 fully saturated rings. The highest BCUT2D eigenvalue weighted by molar-refractivity contribution is 5.53. The molecule has 140 valence electrons. The minimum absolute atomic E-state index is 0.639. The van der Waals surface area contributed by atoms with Gasteiger partial charge >= 0.3 is 0 Å². The molecule has 1 saturated heterocycles. The fraction of sp³-hybridized carbons (Fsp3) is 0.450. The Labute approximate surface area is 155 Å². The zero-order chi connectivity index (χ0) is 18.4. The summed E-state index contributed by atoms with van der Waals surface area (Å²) < 4.78 is 16.3. The van der Waals surface area contributed by atoms with Crippen LogP contribution in [-0.2, 0) is 13.1 Å². The zero-order valence-corrected chi connectivity index (χ0v) is 15.8. The van der Waals surface area contributed by atoms with E-state index in [0.29, 0.717) is 17.2 Å². The number of piperazine rings is 1. The second-order valence-electron chi connectivity index (χ2n) is 6.45. The standard InChI is InChI=1S/C20H27N3O3/c1-24-18-11-17(12-19(25-2)20(18)26-3)15-23-9-7-22(8-10-23)14-16-5-4-6-21-13-16/h4-6,11-13H,7-10,14-15H2,1-3H3. The lowest BCUT2D eigenvalue weighted by Crippen LogP contribution is -2.45. The largest absolute Gasteiger partial charge is 0.493 e. The maximum absolute atomic E-state index is 5.45. The van der Waals surface area contributed by atoms with Gasteiger partial charge in [-0.05, 0) is 29.3 Å². The molecule has 6 heteroatoms. The van der Waals surface area contributed by atoms with E-state index >= 15 is 0 Å². The lowest BCUT2D eigenvalue weighted by Gasteiger charge is -2.34. The lowest BCUT2D eigenvalue weighted by molar-refractivity contribution is 0.122. The third kappa shape index (κ3) is 4.45. The Hall–Kier alpha value is -2.31. The molecule has 1 aliphatic heterocycles. The summed E-state index contributed by atoms with van der Waals surface area (Å²) in [5.41, 5.74) is 2.44. The Balaban J connectivity index is 1.59. The van der Waals surface area contributed by atoms with Crippen LogP contribution >= 0.6 is 0 Å². The van der Waals surface area contributed by atoms with Gasteiger partial charge in [-0.25, -0.2) is 0 Å². The monoisotopic (exact) mass is 357 g/mol. The van der Waals surface area contributed by atoms with Crippen LogP contribution in [-0.4, -0.2) is 62.3 Å². The Morgan fingerprint density at radius 1 is 0.846 bits per heavy atom. The van der Waals surface area contributed by atoms with Crippen molar-refractivity contribution in [1.29, 1.82) is 0 Å². The van der Waals surface area contributed by atoms with E-state index in [0.717, 1.165) is 39.3 Å². The van der Waals surface area contributed by atoms with E-state index in [1.165, 1.54) is 11.1 Å². The SMILES string of the molecule is COc1cc(CN2CCN(Cc3cccnc3)CC2)cc(OC)c1OC. The van der Waals surface area contributed by atoms with Crippen LogP contribution in [0.4, 0.5) is 0 Å². The third-order valence-electron chi connectivity index (χ3n) is 4.72. The van der Waals surface area contributed by atoms with Crippen LogP contribution in [0.2, 0.25) is 0 Å². The van der Waals surface area contributed by atoms with Crippen LogP contribution in [0.5, 0.6) is 17.2 Å². The van der Waals surface area contributed by atoms with Gasteiger partial charge in [0.25, 0.3) is 0 Å². The summed E-state index contributed by atoms with van der Waals surface area (Å²) in [6.07, 6.45) is 3.77. The predicted octanol–water partition coefficient (Wildman–Crippen LogP) is 2.43. The molecule has 1 aliphatic rings. The Morgan fingerprint density at radius 2 is 1.42 bits per heavy atom. The van der Waals surface area contributed by atoms with E-state index in [1.807, 2.05) is 30.6 Å². The Bertz CT molecular complexity index is 676. The van der Waals surface area contributed by atoms with E-state index < -0.39 is 0 Å². The van der Waals surface area contributed by atoms with Gasteiger partial charge in [0, 0.05) is 51.7 Å². The topological polar surface area (TPSA) is 47.1 Å². The molecule has 26 heavy (non-hydrogen) atoms. The molecule has 2 heterocycles. The summed E-state index contributed by atoms with van der Waals surface area (Å²) >= 11 is 0. The summed E-state index contributed by atoms with van der Waals surface area (Å²) in [5, 5.41) is 0. The van der Waals surface area contributed by atoms with Gasteiger partial charge in [0.1, 0.15) is 0 Å². The van der Waals surface area contributed by atoms with E-state index in [-0.39, 0.29) is 0 Å². The molecule has 0 radical (unpaired) electrons. The van der Waals surface area contributed by atoms with Crippen molar-refractivity contribution < 1.29 is 14.2 Å². The van der Waals surface area contributed by atoms with Crippen LogP contribution in [0.25, 0.3) is 0 Å². The molecule has 2 aromatic rings. The molecule has 0 bridgehead atoms. The maximum atomic E-state index is 5.45. The van der Waals surface area contributed by atoms with Crippen LogP contribution in [0.1, 0.15) is 11.1 Å². The number of ether oxygens (including phenoxy) is 3. The molecule has 1 aromatic carbocycles. The Kier molecular flexibility index (Phi) is 6.30. The van der Waals surface area contributed by atoms with Crippen molar-refractivity contribution in [3.05, 3.63) is 47.8 Å². The number of hydrogen-bond donors (Lipinski definition) is 0. The molecule has 0 saturated carbocycles. The van der Waals surface area contributed by atoms with Crippen molar-refractivity contribution in [2.24, 2.45) is 0 Å². The van der Waals surface area contributed by atoms with Crippen LogP contribution in [0, 0.1) is 0 Å². The van der Waals surface area contributed by atoms with Gasteiger partial charge in [0.15, 0.2) is 11.5 Å². The maximum Gasteiger partial charge on any atom is 0.203 e. The number of aromatic nitrogens is 1. The number of pyridine rings is 1. The minimum Gasteiger partial charge on any atom is -0.493 e. The number of benzene rings is 1. The van der Waals surface area contributed by atoms with Gasteiger partial charge in [0.2, 0.25) is 5.75 Å². The van der Waals surface area contributed by atoms with Crippen LogP contribution < -0.4 is 14.2 Å². The number of rotatable bonds is 7. The first-order valence-electron chi connectivity index (χ1n) is 8.86. The van der Waals surface area contributed by atoms with Gasteiger partial charge in [-0.3, -0.25) is 14.8 Å². The highest BCUT2D eigenvalue weighted by Crippen LogP contribution is 2.38. The van der Waals surface area contributed by atoms with Gasteiger partial charge in [-0.15, -0.1) is 0 Å². The molecule has 0 amide bonds. The van der Waals surface area contributed by atoms with Crippen molar-refractivity contribution in [3.63, 3.8) is 0 Å². The highest BCUT2D eigenvalue weighted by Gasteiger charge is 2.19. The average molecular weight is 357 g/mol. The molecular formula is C20H27N3O3. The molecule has 0 atom stereocenters. The molecule has 3 rings (SSSR count). The fourth-order valence-corrected chi connectivity index (χ4v) is 3.34. The van der Waals surface area contributed by atoms with Gasteiger partial charge in [-0.2, -0.15) is 0 Å². The van der Waals surface area contributed by atoms with E-state index in [4.69, 9.17) is 14.2 Å². The zero-order valence-electron chi connectivity index (χ0n) is 15.8. The number of nitrogens with zero attached hydrogens (tertiary/aromatic N) is 3. The van der Waals surface area contributed by atoms with E-state index in [2.05, 4.69) is 20.9 Å². The highest BCUT2D eigenvalue weighted by atomic mass is 16.5. The molecule has 0 aliphatic carbocycles. The Morgan fingerprint density at radius 3 is 1.88 bits per heavy atom. The van der Waals surface area contributed by atoms with E-state index in [9.17, 15) is 0 Å². The molecule has 0 unspecified atom stereocenters. The minimum atomic E-state index is 0.639. The summed E-state index contributed by atoms with van der Waals surface area (Å²) in [4.78, 5) is 9.13. The lowest BCUT2D eigenvalue weighted by atomic mass is 10.1. The van der Waals surface area contributed by atoms with E-state index in [1.54, 1.807) is 21.3 Å². The van der Waals surface area contributed by atoms with Crippen molar-refractivity contribution in [3.8, 4) is 17.2 Å². The van der Waals surface area contributed by atoms with Crippen LogP contribution in [0.3, 0.4) is 0 Å². The van der Waals surface area contributed by atoms with Gasteiger partial charge < -0.3 is 14.2 Å². The molecule has 6 nitrogen and oxygen atoms in total. The third-order valence-corrected chi connectivity index (χ3v) is 4.72. The molecule has 1 aromatic heterocycles. The summed E-state index contributed by atoms with van der Waals surface area (Å²) in [6.45, 7) is 6.02. The van der Waals surface area contributed by atoms with Gasteiger partial charge in [0.05, 0.1) is 21.3 Å². The number of methoxy groups -OCH3 is 3. The first-order valence-corrected chi connectivity index (χ1v) is 8.86. The van der Waals surface area contributed by atoms with Crippen molar-refractivity contribution >= 4 is 0 Å². The second-order valence-corrected chi connectivity index (χ2v) is 6.45. The first-order chi connectivity index (χ1) is 12.7. The summed E-state index contributed by atoms with van der Waals surface area (Å²) in [5.74, 6) is 2.05. The average Bonchev–Trinajstić information content (AvgIpc) is 2.69. The molecule has 0 N–H and O–H groups in total. The molecule has 0 spiro atoms. The second kappa shape index (κ2) is 8.87. The van der Waals surface area contributed by atoms with Crippen molar-refractivity contribution in [1.82, 2.24) is 14.8 Å². The van der Waals surface area contributed by atoms with Crippen molar-refractivity contribution in [2.75, 3.05) is 47.5 Å². The smallest absolute Gasteiger partial charge is 0.203 e. The van der Waals surface area contributed by atoms with Crippen molar-refractivity contribution in [2.45, 2.75) is 13.1 Å². The molecular weight excluding hydrogens is 330 g/mol. The quantitative estimate of drug-likeness (QED) is 0.758. The first kappa shape index (κ1) is 18.5. The predicted molar refractivity (Wildman–Crippen MR) is 101 cm³/mol.